The summed E-state index contributed by atoms with van der Waals surface area (Å²) in [5.74, 6) is -2.01. The number of rotatable bonds is 3. The number of aromatic hydroxyl groups is 1. The number of hydrogen-bond donors (Lipinski definition) is 2. The number of nitrogens with one attached hydrogen (secondary N) is 1. The van der Waals surface area contributed by atoms with E-state index in [9.17, 15) is 26.9 Å². The molecular formula is C14H7ClF2N3NaO4S. The topological polar surface area (TPSA) is 115 Å². The maximum Gasteiger partial charge on any atom is 1.00 e. The second-order valence-electron chi connectivity index (χ2n) is 4.90. The molecule has 0 spiro atoms. The van der Waals surface area contributed by atoms with Gasteiger partial charge < -0.3 is 15.0 Å². The minimum absolute atomic E-state index is 0. The molecule has 0 aliphatic heterocycles. The number of hydrogen-bond acceptors (Lipinski definition) is 7. The Morgan fingerprint density at radius 1 is 1.15 bits per heavy atom. The predicted octanol–water partition coefficient (Wildman–Crippen LogP) is -0.0813. The fourth-order valence-corrected chi connectivity index (χ4v) is 2.82. The van der Waals surface area contributed by atoms with Crippen LogP contribution < -0.4 is 34.9 Å². The molecule has 0 unspecified atom stereocenters. The molecule has 3 rings (SSSR count). The maximum atomic E-state index is 13.3. The Morgan fingerprint density at radius 3 is 2.50 bits per heavy atom. The molecule has 26 heavy (non-hydrogen) atoms. The molecule has 0 saturated heterocycles. The fraction of sp³-hybridized carbons (Fsp3) is 0. The average Bonchev–Trinajstić information content (AvgIpc) is 2.51. The van der Waals surface area contributed by atoms with E-state index in [4.69, 9.17) is 11.6 Å². The van der Waals surface area contributed by atoms with Gasteiger partial charge in [-0.3, -0.25) is 0 Å². The number of fused-ring (bicyclic) bond motifs is 1. The van der Waals surface area contributed by atoms with E-state index in [0.717, 1.165) is 12.1 Å². The third kappa shape index (κ3) is 4.22. The van der Waals surface area contributed by atoms with Crippen molar-refractivity contribution in [1.29, 1.82) is 0 Å². The first kappa shape index (κ1) is 20.7. The van der Waals surface area contributed by atoms with Crippen LogP contribution in [0.3, 0.4) is 0 Å². The molecule has 0 amide bonds. The van der Waals surface area contributed by atoms with Crippen LogP contribution in [0.1, 0.15) is 0 Å². The molecular weight excluding hydrogens is 403 g/mol. The molecule has 12 heteroatoms. The molecule has 0 atom stereocenters. The number of aromatic nitrogens is 2. The van der Waals surface area contributed by atoms with Gasteiger partial charge in [-0.15, -0.1) is 0 Å². The van der Waals surface area contributed by atoms with Gasteiger partial charge in [0.25, 0.3) is 0 Å². The van der Waals surface area contributed by atoms with E-state index < -0.39 is 37.8 Å². The van der Waals surface area contributed by atoms with E-state index in [1.807, 2.05) is 0 Å². The van der Waals surface area contributed by atoms with Gasteiger partial charge in [-0.25, -0.2) is 8.42 Å². The third-order valence-electron chi connectivity index (χ3n) is 3.24. The smallest absolute Gasteiger partial charge is 0.744 e. The van der Waals surface area contributed by atoms with Crippen LogP contribution in [0.2, 0.25) is 5.02 Å². The van der Waals surface area contributed by atoms with Gasteiger partial charge in [0.05, 0.1) is 4.90 Å². The largest absolute Gasteiger partial charge is 1.00 e. The maximum absolute atomic E-state index is 13.3. The minimum atomic E-state index is -4.78. The first-order valence-electron chi connectivity index (χ1n) is 6.53. The number of nitrogens with zero attached hydrogens (tertiary/aromatic N) is 2. The monoisotopic (exact) mass is 409 g/mol. The van der Waals surface area contributed by atoms with Crippen LogP contribution in [-0.2, 0) is 10.1 Å². The van der Waals surface area contributed by atoms with Crippen LogP contribution in [0.4, 0.5) is 20.3 Å². The molecule has 0 aliphatic carbocycles. The van der Waals surface area contributed by atoms with Crippen LogP contribution in [-0.4, -0.2) is 28.0 Å². The van der Waals surface area contributed by atoms with Crippen molar-refractivity contribution in [3.63, 3.8) is 0 Å². The van der Waals surface area contributed by atoms with Gasteiger partial charge in [-0.2, -0.15) is 18.7 Å². The van der Waals surface area contributed by atoms with Gasteiger partial charge in [0, 0.05) is 11.1 Å². The number of phenols is 1. The van der Waals surface area contributed by atoms with Crippen molar-refractivity contribution in [2.45, 2.75) is 4.90 Å². The second kappa shape index (κ2) is 7.59. The van der Waals surface area contributed by atoms with Crippen LogP contribution in [0.25, 0.3) is 10.8 Å². The summed E-state index contributed by atoms with van der Waals surface area (Å²) in [5, 5.41) is 12.3. The zero-order valence-corrected chi connectivity index (χ0v) is 16.6. The van der Waals surface area contributed by atoms with Gasteiger partial charge in [0.1, 0.15) is 20.9 Å². The quantitative estimate of drug-likeness (QED) is 0.269. The van der Waals surface area contributed by atoms with Crippen molar-refractivity contribution in [2.75, 3.05) is 5.32 Å². The van der Waals surface area contributed by atoms with Crippen molar-refractivity contribution in [3.8, 4) is 5.75 Å². The van der Waals surface area contributed by atoms with Gasteiger partial charge in [-0.05, 0) is 35.7 Å². The molecule has 0 radical (unpaired) electrons. The van der Waals surface area contributed by atoms with Crippen molar-refractivity contribution < 1.29 is 56.4 Å². The average molecular weight is 410 g/mol. The zero-order valence-electron chi connectivity index (χ0n) is 13.0. The molecule has 2 aromatic carbocycles. The zero-order chi connectivity index (χ0) is 18.4. The Morgan fingerprint density at radius 2 is 1.85 bits per heavy atom. The van der Waals surface area contributed by atoms with Gasteiger partial charge in [0.15, 0.2) is 5.82 Å². The van der Waals surface area contributed by atoms with E-state index in [1.54, 1.807) is 0 Å². The molecule has 0 bridgehead atoms. The van der Waals surface area contributed by atoms with Crippen molar-refractivity contribution in [2.24, 2.45) is 0 Å². The summed E-state index contributed by atoms with van der Waals surface area (Å²) in [4.78, 5) is 5.53. The van der Waals surface area contributed by atoms with Gasteiger partial charge >= 0.3 is 35.6 Å². The molecule has 3 aromatic rings. The molecule has 7 nitrogen and oxygen atoms in total. The molecule has 0 aliphatic rings. The Labute approximate surface area is 173 Å². The Balaban J connectivity index is 0.00000243. The Kier molecular flexibility index (Phi) is 6.06. The minimum Gasteiger partial charge on any atom is -0.744 e. The van der Waals surface area contributed by atoms with E-state index >= 15 is 0 Å². The fourth-order valence-electron chi connectivity index (χ4n) is 2.16. The SMILES string of the molecule is O=S(=O)([O-])c1cc(O)c2ccc(Nc3nc(F)nc(F)c3Cl)cc2c1.[Na+]. The van der Waals surface area contributed by atoms with E-state index in [1.165, 1.54) is 18.2 Å². The molecule has 0 fully saturated rings. The van der Waals surface area contributed by atoms with Gasteiger partial charge in [-0.1, -0.05) is 11.6 Å². The molecule has 130 valence electrons. The summed E-state index contributed by atoms with van der Waals surface area (Å²) in [7, 11) is -4.78. The Bertz CT molecular complexity index is 1120. The number of anilines is 2. The van der Waals surface area contributed by atoms with Crippen LogP contribution in [0, 0.1) is 12.0 Å². The molecule has 1 heterocycles. The molecule has 0 saturated carbocycles. The number of halogens is 3. The van der Waals surface area contributed by atoms with Crippen molar-refractivity contribution >= 4 is 44.0 Å². The normalized spacial score (nSPS) is 11.2. The number of benzene rings is 2. The van der Waals surface area contributed by atoms with Crippen molar-refractivity contribution in [1.82, 2.24) is 9.97 Å². The first-order chi connectivity index (χ1) is 11.6. The van der Waals surface area contributed by atoms with Crippen molar-refractivity contribution in [3.05, 3.63) is 47.4 Å². The van der Waals surface area contributed by atoms with Crippen LogP contribution in [0.15, 0.2) is 35.2 Å². The summed E-state index contributed by atoms with van der Waals surface area (Å²) < 4.78 is 59.8. The summed E-state index contributed by atoms with van der Waals surface area (Å²) in [6.45, 7) is 0. The standard InChI is InChI=1S/C14H8ClF2N3O4S.Na/c15-11-12(16)19-14(17)20-13(11)18-7-1-2-9-6(3-7)4-8(5-10(9)21)25(22,23)24;/h1-5,21H,(H,18,19,20)(H,22,23,24);/q;+1/p-1. The van der Waals surface area contributed by atoms with Crippen LogP contribution in [0.5, 0.6) is 5.75 Å². The van der Waals surface area contributed by atoms with E-state index in [-0.39, 0.29) is 51.8 Å². The molecule has 1 aromatic heterocycles. The summed E-state index contributed by atoms with van der Waals surface area (Å²) in [6, 6.07) is 6.09. The number of phenolic OH excluding ortho intramolecular Hbond substituents is 1. The molecule has 2 N–H and O–H groups in total. The third-order valence-corrected chi connectivity index (χ3v) is 4.39. The summed E-state index contributed by atoms with van der Waals surface area (Å²) in [6.07, 6.45) is -1.33. The van der Waals surface area contributed by atoms with Gasteiger partial charge in [0.2, 0.25) is 5.95 Å². The van der Waals surface area contributed by atoms with Crippen LogP contribution >= 0.6 is 11.6 Å². The summed E-state index contributed by atoms with van der Waals surface area (Å²) in [5.41, 5.74) is 0.228. The van der Waals surface area contributed by atoms with E-state index in [2.05, 4.69) is 15.3 Å². The summed E-state index contributed by atoms with van der Waals surface area (Å²) >= 11 is 5.65. The van der Waals surface area contributed by atoms with E-state index in [0.29, 0.717) is 0 Å². The second-order valence-corrected chi connectivity index (χ2v) is 6.66. The first-order valence-corrected chi connectivity index (χ1v) is 8.32. The predicted molar refractivity (Wildman–Crippen MR) is 83.8 cm³/mol. The Hall–Kier alpha value is -1.56.